The van der Waals surface area contributed by atoms with Crippen LogP contribution in [-0.2, 0) is 11.1 Å². The van der Waals surface area contributed by atoms with E-state index in [1.807, 2.05) is 0 Å². The number of aliphatic hydroxyl groups excluding tert-OH is 1. The summed E-state index contributed by atoms with van der Waals surface area (Å²) in [6.07, 6.45) is 0. The first-order valence-electron chi connectivity index (χ1n) is 3.81. The maximum atomic E-state index is 10.5. The van der Waals surface area contributed by atoms with Gasteiger partial charge in [0.15, 0.2) is 16.7 Å². The first-order chi connectivity index (χ1) is 6.68. The molecule has 0 saturated heterocycles. The maximum Gasteiger partial charge on any atom is 0.240 e. The molecule has 0 fully saturated rings. The van der Waals surface area contributed by atoms with Crippen molar-refractivity contribution in [2.45, 2.75) is 5.44 Å². The molecule has 0 radical (unpaired) electrons. The number of aromatic nitrogens is 1. The van der Waals surface area contributed by atoms with Gasteiger partial charge in [-0.15, -0.1) is 0 Å². The molecule has 2 rings (SSSR count). The van der Waals surface area contributed by atoms with Crippen molar-refractivity contribution in [1.29, 1.82) is 0 Å². The van der Waals surface area contributed by atoms with Crippen LogP contribution in [0.2, 0.25) is 0 Å². The first-order valence-corrected chi connectivity index (χ1v) is 4.98. The molecule has 6 heteroatoms. The van der Waals surface area contributed by atoms with E-state index in [0.717, 1.165) is 0 Å². The minimum Gasteiger partial charge on any atom is -0.437 e. The van der Waals surface area contributed by atoms with E-state index in [-0.39, 0.29) is 5.89 Å². The van der Waals surface area contributed by atoms with Crippen LogP contribution in [0.1, 0.15) is 11.3 Å². The van der Waals surface area contributed by atoms with Gasteiger partial charge in [-0.1, -0.05) is 12.1 Å². The van der Waals surface area contributed by atoms with E-state index in [1.165, 1.54) is 0 Å². The highest BCUT2D eigenvalue weighted by atomic mass is 32.2. The van der Waals surface area contributed by atoms with Gasteiger partial charge in [-0.25, -0.2) is 9.19 Å². The molecule has 0 bridgehead atoms. The van der Waals surface area contributed by atoms with Crippen molar-refractivity contribution in [2.24, 2.45) is 0 Å². The largest absolute Gasteiger partial charge is 0.437 e. The molecule has 0 amide bonds. The molecule has 0 aliphatic rings. The lowest BCUT2D eigenvalue weighted by Gasteiger charge is -1.97. The maximum absolute atomic E-state index is 10.5. The zero-order chi connectivity index (χ0) is 10.1. The zero-order valence-electron chi connectivity index (χ0n) is 6.95. The van der Waals surface area contributed by atoms with E-state index in [1.54, 1.807) is 24.3 Å². The average Bonchev–Trinajstić information content (AvgIpc) is 2.59. The van der Waals surface area contributed by atoms with Gasteiger partial charge in [0.2, 0.25) is 11.3 Å². The zero-order valence-corrected chi connectivity index (χ0v) is 7.77. The number of para-hydroxylation sites is 2. The summed E-state index contributed by atoms with van der Waals surface area (Å²) in [5.41, 5.74) is -0.568. The molecule has 2 unspecified atom stereocenters. The second-order valence-corrected chi connectivity index (χ2v) is 3.65. The summed E-state index contributed by atoms with van der Waals surface area (Å²) in [4.78, 5) is 3.86. The summed E-state index contributed by atoms with van der Waals surface area (Å²) < 4.78 is 24.2. The molecule has 0 spiro atoms. The highest BCUT2D eigenvalue weighted by molar-refractivity contribution is 7.79. The predicted molar refractivity (Wildman–Crippen MR) is 49.7 cm³/mol. The lowest BCUT2D eigenvalue weighted by Crippen LogP contribution is -2.04. The molecule has 1 aromatic heterocycles. The number of oxazole rings is 1. The molecular formula is C8H7NO4S. The molecule has 2 aromatic rings. The van der Waals surface area contributed by atoms with Crippen LogP contribution < -0.4 is 0 Å². The monoisotopic (exact) mass is 213 g/mol. The summed E-state index contributed by atoms with van der Waals surface area (Å²) in [5, 5.41) is 9.19. The van der Waals surface area contributed by atoms with Crippen molar-refractivity contribution in [3.63, 3.8) is 0 Å². The van der Waals surface area contributed by atoms with E-state index in [2.05, 4.69) is 4.98 Å². The third-order valence-corrected chi connectivity index (χ3v) is 2.30. The Bertz CT molecular complexity index is 448. The Balaban J connectivity index is 2.50. The molecule has 1 aromatic carbocycles. The van der Waals surface area contributed by atoms with E-state index in [9.17, 15) is 9.32 Å². The molecule has 1 heterocycles. The fourth-order valence-electron chi connectivity index (χ4n) is 1.08. The Labute approximate surface area is 81.7 Å². The SMILES string of the molecule is O=S(O)C(O)c1nc2ccccc2o1. The Morgan fingerprint density at radius 1 is 1.43 bits per heavy atom. The smallest absolute Gasteiger partial charge is 0.240 e. The number of fused-ring (bicyclic) bond motifs is 1. The van der Waals surface area contributed by atoms with E-state index in [4.69, 9.17) is 8.97 Å². The van der Waals surface area contributed by atoms with E-state index < -0.39 is 16.5 Å². The van der Waals surface area contributed by atoms with Gasteiger partial charge in [0.25, 0.3) is 0 Å². The van der Waals surface area contributed by atoms with E-state index >= 15 is 0 Å². The molecule has 2 atom stereocenters. The molecule has 0 saturated carbocycles. The second kappa shape index (κ2) is 3.49. The Kier molecular flexibility index (Phi) is 2.32. The molecule has 2 N–H and O–H groups in total. The quantitative estimate of drug-likeness (QED) is 0.728. The number of rotatable bonds is 2. The molecule has 5 nitrogen and oxygen atoms in total. The highest BCUT2D eigenvalue weighted by Crippen LogP contribution is 2.20. The lowest BCUT2D eigenvalue weighted by molar-refractivity contribution is 0.217. The van der Waals surface area contributed by atoms with E-state index in [0.29, 0.717) is 11.1 Å². The third kappa shape index (κ3) is 1.54. The number of aliphatic hydroxyl groups is 1. The lowest BCUT2D eigenvalue weighted by atomic mass is 10.3. The van der Waals surface area contributed by atoms with Crippen LogP contribution in [0.15, 0.2) is 28.7 Å². The van der Waals surface area contributed by atoms with Crippen LogP contribution in [0.5, 0.6) is 0 Å². The van der Waals surface area contributed by atoms with Crippen molar-refractivity contribution in [1.82, 2.24) is 4.98 Å². The van der Waals surface area contributed by atoms with Crippen molar-refractivity contribution >= 4 is 22.2 Å². The molecule has 14 heavy (non-hydrogen) atoms. The van der Waals surface area contributed by atoms with Crippen LogP contribution in [-0.4, -0.2) is 18.9 Å². The van der Waals surface area contributed by atoms with Gasteiger partial charge in [0.1, 0.15) is 5.52 Å². The van der Waals surface area contributed by atoms with Crippen molar-refractivity contribution in [2.75, 3.05) is 0 Å². The van der Waals surface area contributed by atoms with Crippen molar-refractivity contribution in [3.05, 3.63) is 30.2 Å². The van der Waals surface area contributed by atoms with Crippen LogP contribution >= 0.6 is 0 Å². The summed E-state index contributed by atoms with van der Waals surface area (Å²) in [5.74, 6) is -0.146. The minimum atomic E-state index is -2.39. The van der Waals surface area contributed by atoms with Gasteiger partial charge in [0.05, 0.1) is 0 Å². The molecule has 0 aliphatic heterocycles. The normalized spacial score (nSPS) is 15.6. The van der Waals surface area contributed by atoms with Gasteiger partial charge < -0.3 is 14.1 Å². The van der Waals surface area contributed by atoms with Crippen LogP contribution in [0, 0.1) is 0 Å². The number of nitrogens with zero attached hydrogens (tertiary/aromatic N) is 1. The van der Waals surface area contributed by atoms with Crippen LogP contribution in [0.25, 0.3) is 11.1 Å². The fourth-order valence-corrected chi connectivity index (χ4v) is 1.36. The van der Waals surface area contributed by atoms with Gasteiger partial charge in [-0.3, -0.25) is 0 Å². The van der Waals surface area contributed by atoms with Crippen LogP contribution in [0.3, 0.4) is 0 Å². The van der Waals surface area contributed by atoms with Gasteiger partial charge in [-0.2, -0.15) is 0 Å². The Morgan fingerprint density at radius 3 is 2.79 bits per heavy atom. The second-order valence-electron chi connectivity index (χ2n) is 2.65. The standard InChI is InChI=1S/C8H7NO4S/c10-8(14(11)12)7-9-5-3-1-2-4-6(5)13-7/h1-4,8,10H,(H,11,12). The number of hydrogen-bond acceptors (Lipinski definition) is 4. The number of hydrogen-bond donors (Lipinski definition) is 2. The molecule has 74 valence electrons. The topological polar surface area (TPSA) is 83.6 Å². The predicted octanol–water partition coefficient (Wildman–Crippen LogP) is 1.04. The van der Waals surface area contributed by atoms with Crippen molar-refractivity contribution < 1.29 is 18.3 Å². The Hall–Kier alpha value is -1.24. The average molecular weight is 213 g/mol. The third-order valence-electron chi connectivity index (χ3n) is 1.71. The molecule has 0 aliphatic carbocycles. The van der Waals surface area contributed by atoms with Gasteiger partial charge in [0, 0.05) is 0 Å². The van der Waals surface area contributed by atoms with Gasteiger partial charge >= 0.3 is 0 Å². The summed E-state index contributed by atoms with van der Waals surface area (Å²) in [6.45, 7) is 0. The summed E-state index contributed by atoms with van der Waals surface area (Å²) in [7, 11) is 0. The first kappa shape index (κ1) is 9.32. The minimum absolute atomic E-state index is 0.146. The summed E-state index contributed by atoms with van der Waals surface area (Å²) >= 11 is -2.39. The van der Waals surface area contributed by atoms with Gasteiger partial charge in [-0.05, 0) is 12.1 Å². The fraction of sp³-hybridized carbons (Fsp3) is 0.125. The Morgan fingerprint density at radius 2 is 2.14 bits per heavy atom. The van der Waals surface area contributed by atoms with Crippen molar-refractivity contribution in [3.8, 4) is 0 Å². The van der Waals surface area contributed by atoms with Crippen LogP contribution in [0.4, 0.5) is 0 Å². The number of benzene rings is 1. The molecular weight excluding hydrogens is 206 g/mol. The summed E-state index contributed by atoms with van der Waals surface area (Å²) in [6, 6.07) is 6.87. The highest BCUT2D eigenvalue weighted by Gasteiger charge is 2.20.